The second kappa shape index (κ2) is 19.0. The molecule has 52 heavy (non-hydrogen) atoms. The smallest absolute Gasteiger partial charge is 0.241 e. The van der Waals surface area contributed by atoms with Crippen LogP contribution in [0.1, 0.15) is 24.0 Å². The molecule has 2 nitrogen and oxygen atoms in total. The standard InChI is InChI=1S/C28H28N2S2Si.C18H15B/c31-20-4-6-24-10-14-27(15-11-24)33(23-30-19-18-29-22-30,26-8-2-1-3-9-26)28-16-12-25(13-17-28)7-5-21-32;1-4-10-16(11-5-1)19(17-12-6-2-7-13-17)18-14-8-3-9-15-18/h1-3,8-22H,4-7,23H2;1-15H. The molecule has 6 heteroatoms. The Bertz CT molecular complexity index is 1930. The van der Waals surface area contributed by atoms with Crippen LogP contribution in [0.4, 0.5) is 0 Å². The SMILES string of the molecule is S=CCCc1ccc([Si](Cn2ccnc2)(c2ccccc2)c2ccc(CCC=S)cc2)cc1.c1ccc(B(c2ccccc2)c2ccccc2)cc1. The van der Waals surface area contributed by atoms with Crippen LogP contribution in [-0.2, 0) is 19.0 Å². The van der Waals surface area contributed by atoms with Crippen molar-refractivity contribution in [2.75, 3.05) is 0 Å². The fourth-order valence-corrected chi connectivity index (χ4v) is 11.8. The second-order valence-electron chi connectivity index (χ2n) is 13.0. The Hall–Kier alpha value is -5.01. The normalized spacial score (nSPS) is 10.8. The van der Waals surface area contributed by atoms with Gasteiger partial charge in [0.05, 0.1) is 6.33 Å². The Kier molecular flexibility index (Phi) is 13.4. The van der Waals surface area contributed by atoms with E-state index in [-0.39, 0.29) is 0 Å². The van der Waals surface area contributed by atoms with Gasteiger partial charge in [-0.2, -0.15) is 0 Å². The van der Waals surface area contributed by atoms with E-state index in [1.165, 1.54) is 43.1 Å². The zero-order valence-electron chi connectivity index (χ0n) is 29.4. The minimum Gasteiger partial charge on any atom is -0.339 e. The average molecular weight is 727 g/mol. The monoisotopic (exact) mass is 726 g/mol. The quantitative estimate of drug-likeness (QED) is 0.0710. The molecular weight excluding hydrogens is 684 g/mol. The van der Waals surface area contributed by atoms with Crippen molar-refractivity contribution < 1.29 is 0 Å². The molecule has 0 fully saturated rings. The molecule has 1 aromatic heterocycles. The van der Waals surface area contributed by atoms with Gasteiger partial charge in [-0.3, -0.25) is 0 Å². The van der Waals surface area contributed by atoms with E-state index in [1.807, 2.05) is 23.3 Å². The zero-order valence-corrected chi connectivity index (χ0v) is 32.0. The minimum absolute atomic E-state index is 0.309. The third kappa shape index (κ3) is 9.26. The lowest BCUT2D eigenvalue weighted by molar-refractivity contribution is 0.862. The molecule has 0 aliphatic heterocycles. The van der Waals surface area contributed by atoms with Crippen molar-refractivity contribution in [3.8, 4) is 0 Å². The number of hydrogen-bond acceptors (Lipinski definition) is 3. The Morgan fingerprint density at radius 3 is 1.25 bits per heavy atom. The molecular formula is C46H43BN2S2Si. The van der Waals surface area contributed by atoms with Crippen molar-refractivity contribution >= 4 is 81.9 Å². The largest absolute Gasteiger partial charge is 0.339 e. The highest BCUT2D eigenvalue weighted by Crippen LogP contribution is 2.14. The van der Waals surface area contributed by atoms with Crippen LogP contribution in [0.15, 0.2) is 189 Å². The molecule has 7 aromatic rings. The van der Waals surface area contributed by atoms with Crippen LogP contribution in [0, 0.1) is 0 Å². The highest BCUT2D eigenvalue weighted by molar-refractivity contribution is 7.79. The van der Waals surface area contributed by atoms with Gasteiger partial charge in [0.1, 0.15) is 0 Å². The molecule has 0 atom stereocenters. The third-order valence-electron chi connectivity index (χ3n) is 9.64. The van der Waals surface area contributed by atoms with Crippen LogP contribution in [0.25, 0.3) is 0 Å². The topological polar surface area (TPSA) is 17.8 Å². The molecule has 0 unspecified atom stereocenters. The van der Waals surface area contributed by atoms with Crippen LogP contribution >= 0.6 is 24.4 Å². The van der Waals surface area contributed by atoms with Gasteiger partial charge in [0.25, 0.3) is 0 Å². The summed E-state index contributed by atoms with van der Waals surface area (Å²) in [6.07, 6.45) is 10.6. The predicted octanol–water partition coefficient (Wildman–Crippen LogP) is 6.66. The van der Waals surface area contributed by atoms with Gasteiger partial charge in [0.15, 0.2) is 8.07 Å². The van der Waals surface area contributed by atoms with Gasteiger partial charge in [0, 0.05) is 18.6 Å². The number of benzene rings is 6. The maximum Gasteiger partial charge on any atom is 0.241 e. The van der Waals surface area contributed by atoms with Gasteiger partial charge in [0.2, 0.25) is 6.71 Å². The first-order chi connectivity index (χ1) is 25.7. The predicted molar refractivity (Wildman–Crippen MR) is 234 cm³/mol. The van der Waals surface area contributed by atoms with Gasteiger partial charge in [-0.15, -0.1) is 0 Å². The van der Waals surface area contributed by atoms with Crippen LogP contribution in [-0.4, -0.2) is 35.1 Å². The summed E-state index contributed by atoms with van der Waals surface area (Å²) in [6, 6.07) is 61.5. The van der Waals surface area contributed by atoms with E-state index < -0.39 is 8.07 Å². The molecule has 0 bridgehead atoms. The first kappa shape index (κ1) is 36.8. The Labute approximate surface area is 321 Å². The van der Waals surface area contributed by atoms with Gasteiger partial charge < -0.3 is 4.57 Å². The molecule has 1 heterocycles. The van der Waals surface area contributed by atoms with E-state index in [9.17, 15) is 0 Å². The summed E-state index contributed by atoms with van der Waals surface area (Å²) >= 11 is 10.1. The number of aromatic nitrogens is 2. The molecule has 0 saturated carbocycles. The molecule has 0 N–H and O–H groups in total. The fraction of sp³-hybridized carbons (Fsp3) is 0.109. The number of imidazole rings is 1. The lowest BCUT2D eigenvalue weighted by Crippen LogP contribution is -2.69. The Balaban J connectivity index is 0.000000206. The lowest BCUT2D eigenvalue weighted by atomic mass is 9.37. The molecule has 0 spiro atoms. The highest BCUT2D eigenvalue weighted by atomic mass is 32.1. The summed E-state index contributed by atoms with van der Waals surface area (Å²) in [4.78, 5) is 4.34. The van der Waals surface area contributed by atoms with Crippen LogP contribution in [0.5, 0.6) is 0 Å². The molecule has 256 valence electrons. The van der Waals surface area contributed by atoms with Gasteiger partial charge >= 0.3 is 0 Å². The molecule has 0 aliphatic carbocycles. The van der Waals surface area contributed by atoms with Gasteiger partial charge in [-0.1, -0.05) is 211 Å². The zero-order chi connectivity index (χ0) is 35.9. The van der Waals surface area contributed by atoms with Crippen molar-refractivity contribution in [3.63, 3.8) is 0 Å². The van der Waals surface area contributed by atoms with Crippen LogP contribution in [0.2, 0.25) is 0 Å². The van der Waals surface area contributed by atoms with Crippen molar-refractivity contribution in [1.29, 1.82) is 0 Å². The first-order valence-electron chi connectivity index (χ1n) is 17.9. The van der Waals surface area contributed by atoms with E-state index in [1.54, 1.807) is 0 Å². The number of nitrogens with zero attached hydrogens (tertiary/aromatic N) is 2. The Morgan fingerprint density at radius 1 is 0.500 bits per heavy atom. The molecule has 0 radical (unpaired) electrons. The lowest BCUT2D eigenvalue weighted by Gasteiger charge is -2.34. The maximum absolute atomic E-state index is 5.03. The summed E-state index contributed by atoms with van der Waals surface area (Å²) in [5, 5.41) is 7.85. The van der Waals surface area contributed by atoms with E-state index >= 15 is 0 Å². The van der Waals surface area contributed by atoms with Crippen molar-refractivity contribution in [3.05, 3.63) is 200 Å². The van der Waals surface area contributed by atoms with E-state index in [0.29, 0.717) is 6.71 Å². The second-order valence-corrected chi connectivity index (χ2v) is 17.5. The Morgan fingerprint density at radius 2 is 0.885 bits per heavy atom. The van der Waals surface area contributed by atoms with Crippen LogP contribution in [0.3, 0.4) is 0 Å². The van der Waals surface area contributed by atoms with E-state index in [0.717, 1.165) is 31.9 Å². The van der Waals surface area contributed by atoms with E-state index in [2.05, 4.69) is 186 Å². The van der Waals surface area contributed by atoms with Crippen LogP contribution < -0.4 is 31.9 Å². The summed E-state index contributed by atoms with van der Waals surface area (Å²) < 4.78 is 2.24. The molecule has 7 rings (SSSR count). The van der Waals surface area contributed by atoms with Crippen molar-refractivity contribution in [1.82, 2.24) is 9.55 Å². The molecule has 0 saturated heterocycles. The maximum atomic E-state index is 5.03. The summed E-state index contributed by atoms with van der Waals surface area (Å²) in [7, 11) is -2.37. The number of hydrogen-bond donors (Lipinski definition) is 0. The third-order valence-corrected chi connectivity index (χ3v) is 14.9. The highest BCUT2D eigenvalue weighted by Gasteiger charge is 2.40. The van der Waals surface area contributed by atoms with Gasteiger partial charge in [-0.05, 0) is 63.1 Å². The average Bonchev–Trinajstić information content (AvgIpc) is 3.74. The van der Waals surface area contributed by atoms with Crippen molar-refractivity contribution in [2.24, 2.45) is 0 Å². The summed E-state index contributed by atoms with van der Waals surface area (Å²) in [5.41, 5.74) is 6.66. The summed E-state index contributed by atoms with van der Waals surface area (Å²) in [6.45, 7) is 0.309. The molecule has 0 aliphatic rings. The summed E-state index contributed by atoms with van der Waals surface area (Å²) in [5.74, 6) is 0. The van der Waals surface area contributed by atoms with Crippen molar-refractivity contribution in [2.45, 2.75) is 31.9 Å². The number of rotatable bonds is 14. The number of aryl methyl sites for hydroxylation is 2. The molecule has 0 amide bonds. The first-order valence-corrected chi connectivity index (χ1v) is 21.1. The fourth-order valence-electron chi connectivity index (χ4n) is 7.03. The number of thiocarbonyl (C=S) groups is 2. The molecule has 6 aromatic carbocycles. The minimum atomic E-state index is -2.37. The van der Waals surface area contributed by atoms with E-state index in [4.69, 9.17) is 24.4 Å². The van der Waals surface area contributed by atoms with Gasteiger partial charge in [-0.25, -0.2) is 4.98 Å².